The second-order valence-electron chi connectivity index (χ2n) is 5.73. The number of hydrogen-bond acceptors (Lipinski definition) is 3. The van der Waals surface area contributed by atoms with Crippen molar-refractivity contribution in [2.24, 2.45) is 0 Å². The Balaban J connectivity index is 1.73. The van der Waals surface area contributed by atoms with Gasteiger partial charge in [-0.3, -0.25) is 4.79 Å². The van der Waals surface area contributed by atoms with Gasteiger partial charge in [0.2, 0.25) is 5.91 Å². The first-order valence-corrected chi connectivity index (χ1v) is 7.48. The minimum atomic E-state index is -0.700. The van der Waals surface area contributed by atoms with Crippen LogP contribution in [0.4, 0.5) is 4.39 Å². The van der Waals surface area contributed by atoms with Gasteiger partial charge in [-0.2, -0.15) is 0 Å². The Bertz CT molecular complexity index is 473. The molecule has 0 unspecified atom stereocenters. The van der Waals surface area contributed by atoms with Crippen LogP contribution in [0, 0.1) is 5.82 Å². The number of halogens is 1. The summed E-state index contributed by atoms with van der Waals surface area (Å²) in [5.41, 5.74) is 0.592. The van der Waals surface area contributed by atoms with Gasteiger partial charge in [0.1, 0.15) is 5.82 Å². The molecule has 2 rings (SSSR count). The van der Waals surface area contributed by atoms with Crippen molar-refractivity contribution in [2.45, 2.75) is 50.8 Å². The van der Waals surface area contributed by atoms with Crippen molar-refractivity contribution < 1.29 is 14.3 Å². The van der Waals surface area contributed by atoms with Crippen LogP contribution in [0.1, 0.15) is 44.3 Å². The van der Waals surface area contributed by atoms with E-state index in [0.717, 1.165) is 25.7 Å². The summed E-state index contributed by atoms with van der Waals surface area (Å²) in [7, 11) is 0. The molecule has 0 bridgehead atoms. The minimum absolute atomic E-state index is 0.0212. The van der Waals surface area contributed by atoms with Gasteiger partial charge in [-0.05, 0) is 43.4 Å². The van der Waals surface area contributed by atoms with Gasteiger partial charge in [0.05, 0.1) is 6.10 Å². The normalized spacial score (nSPS) is 23.6. The van der Waals surface area contributed by atoms with E-state index in [-0.39, 0.29) is 17.8 Å². The number of carbonyl (C=O) groups excluding carboxylic acids is 1. The van der Waals surface area contributed by atoms with Gasteiger partial charge in [-0.15, -0.1) is 0 Å². The molecule has 1 saturated carbocycles. The maximum Gasteiger partial charge on any atom is 0.217 e. The molecule has 5 heteroatoms. The van der Waals surface area contributed by atoms with Gasteiger partial charge in [-0.1, -0.05) is 12.1 Å². The predicted octanol–water partition coefficient (Wildman–Crippen LogP) is 1.90. The van der Waals surface area contributed by atoms with Crippen LogP contribution < -0.4 is 10.6 Å². The van der Waals surface area contributed by atoms with E-state index in [2.05, 4.69) is 10.6 Å². The van der Waals surface area contributed by atoms with Crippen LogP contribution in [0.25, 0.3) is 0 Å². The molecule has 1 fully saturated rings. The van der Waals surface area contributed by atoms with Crippen LogP contribution in [0.2, 0.25) is 0 Å². The first-order chi connectivity index (χ1) is 10.0. The summed E-state index contributed by atoms with van der Waals surface area (Å²) in [6.45, 7) is 1.96. The highest BCUT2D eigenvalue weighted by molar-refractivity contribution is 5.73. The van der Waals surface area contributed by atoms with Crippen LogP contribution >= 0.6 is 0 Å². The maximum atomic E-state index is 13.1. The zero-order chi connectivity index (χ0) is 15.2. The van der Waals surface area contributed by atoms with Gasteiger partial charge < -0.3 is 15.7 Å². The van der Waals surface area contributed by atoms with E-state index < -0.39 is 6.10 Å². The molecule has 1 aromatic carbocycles. The van der Waals surface area contributed by atoms with E-state index in [0.29, 0.717) is 18.2 Å². The molecule has 1 aromatic rings. The molecule has 3 N–H and O–H groups in total. The zero-order valence-corrected chi connectivity index (χ0v) is 12.3. The lowest BCUT2D eigenvalue weighted by atomic mass is 9.91. The average molecular weight is 294 g/mol. The summed E-state index contributed by atoms with van der Waals surface area (Å²) in [6.07, 6.45) is 3.15. The molecule has 1 amide bonds. The Labute approximate surface area is 124 Å². The zero-order valence-electron chi connectivity index (χ0n) is 12.3. The third-order valence-corrected chi connectivity index (χ3v) is 3.97. The fourth-order valence-electron chi connectivity index (χ4n) is 2.84. The fraction of sp³-hybridized carbons (Fsp3) is 0.562. The average Bonchev–Trinajstić information content (AvgIpc) is 2.45. The molecule has 1 atom stereocenters. The molecule has 0 spiro atoms. The lowest BCUT2D eigenvalue weighted by Crippen LogP contribution is -2.42. The van der Waals surface area contributed by atoms with E-state index in [9.17, 15) is 14.3 Å². The van der Waals surface area contributed by atoms with Crippen LogP contribution in [-0.4, -0.2) is 29.6 Å². The van der Waals surface area contributed by atoms with E-state index in [1.54, 1.807) is 19.1 Å². The molecule has 0 heterocycles. The van der Waals surface area contributed by atoms with Crippen molar-refractivity contribution in [1.29, 1.82) is 0 Å². The number of amides is 1. The molecule has 0 radical (unpaired) electrons. The molecule has 21 heavy (non-hydrogen) atoms. The van der Waals surface area contributed by atoms with Crippen molar-refractivity contribution in [1.82, 2.24) is 10.6 Å². The second-order valence-corrected chi connectivity index (χ2v) is 5.73. The van der Waals surface area contributed by atoms with Gasteiger partial charge >= 0.3 is 0 Å². The van der Waals surface area contributed by atoms with Crippen molar-refractivity contribution in [3.05, 3.63) is 35.6 Å². The summed E-state index contributed by atoms with van der Waals surface area (Å²) >= 11 is 0. The SMILES string of the molecule is CC(=O)N[C@H]1CC[C@H](NC[C@H](O)c2cccc(F)c2)CC1. The molecule has 0 aromatic heterocycles. The molecule has 1 aliphatic carbocycles. The van der Waals surface area contributed by atoms with Gasteiger partial charge in [0.15, 0.2) is 0 Å². The Morgan fingerprint density at radius 1 is 1.33 bits per heavy atom. The highest BCUT2D eigenvalue weighted by Gasteiger charge is 2.22. The van der Waals surface area contributed by atoms with Crippen LogP contribution in [-0.2, 0) is 4.79 Å². The fourth-order valence-corrected chi connectivity index (χ4v) is 2.84. The number of hydrogen-bond donors (Lipinski definition) is 3. The molecule has 0 saturated heterocycles. The molecule has 1 aliphatic rings. The maximum absolute atomic E-state index is 13.1. The van der Waals surface area contributed by atoms with E-state index in [1.807, 2.05) is 0 Å². The predicted molar refractivity (Wildman–Crippen MR) is 79.2 cm³/mol. The molecular weight excluding hydrogens is 271 g/mol. The standard InChI is InChI=1S/C16H23FN2O2/c1-11(20)19-15-7-5-14(6-8-15)18-10-16(21)12-3-2-4-13(17)9-12/h2-4,9,14-16,18,21H,5-8,10H2,1H3,(H,19,20)/t14-,15-,16-/m0/s1. The number of aliphatic hydroxyl groups excluding tert-OH is 1. The Kier molecular flexibility index (Phi) is 5.70. The topological polar surface area (TPSA) is 61.4 Å². The number of rotatable bonds is 5. The molecule has 4 nitrogen and oxygen atoms in total. The lowest BCUT2D eigenvalue weighted by Gasteiger charge is -2.30. The van der Waals surface area contributed by atoms with Crippen LogP contribution in [0.15, 0.2) is 24.3 Å². The number of benzene rings is 1. The van der Waals surface area contributed by atoms with Crippen molar-refractivity contribution in [2.75, 3.05) is 6.54 Å². The first kappa shape index (κ1) is 15.9. The summed E-state index contributed by atoms with van der Waals surface area (Å²) in [5.74, 6) is -0.310. The van der Waals surface area contributed by atoms with E-state index >= 15 is 0 Å². The van der Waals surface area contributed by atoms with Crippen molar-refractivity contribution in [3.63, 3.8) is 0 Å². The quantitative estimate of drug-likeness (QED) is 0.777. The third-order valence-electron chi connectivity index (χ3n) is 3.97. The van der Waals surface area contributed by atoms with Crippen molar-refractivity contribution in [3.8, 4) is 0 Å². The van der Waals surface area contributed by atoms with E-state index in [1.165, 1.54) is 12.1 Å². The smallest absolute Gasteiger partial charge is 0.217 e. The summed E-state index contributed by atoms with van der Waals surface area (Å²) in [4.78, 5) is 11.0. The minimum Gasteiger partial charge on any atom is -0.387 e. The van der Waals surface area contributed by atoms with Gasteiger partial charge in [-0.25, -0.2) is 4.39 Å². The van der Waals surface area contributed by atoms with E-state index in [4.69, 9.17) is 0 Å². The Morgan fingerprint density at radius 3 is 2.62 bits per heavy atom. The highest BCUT2D eigenvalue weighted by Crippen LogP contribution is 2.20. The molecule has 116 valence electrons. The summed E-state index contributed by atoms with van der Waals surface area (Å²) < 4.78 is 13.1. The Hall–Kier alpha value is -1.46. The first-order valence-electron chi connectivity index (χ1n) is 7.48. The number of nitrogens with one attached hydrogen (secondary N) is 2. The van der Waals surface area contributed by atoms with Crippen LogP contribution in [0.3, 0.4) is 0 Å². The largest absolute Gasteiger partial charge is 0.387 e. The van der Waals surface area contributed by atoms with Crippen molar-refractivity contribution >= 4 is 5.91 Å². The highest BCUT2D eigenvalue weighted by atomic mass is 19.1. The summed E-state index contributed by atoms with van der Waals surface area (Å²) in [6, 6.07) is 6.68. The number of aliphatic hydroxyl groups is 1. The molecular formula is C16H23FN2O2. The monoisotopic (exact) mass is 294 g/mol. The van der Waals surface area contributed by atoms with Crippen LogP contribution in [0.5, 0.6) is 0 Å². The van der Waals surface area contributed by atoms with Gasteiger partial charge in [0, 0.05) is 25.6 Å². The third kappa shape index (κ3) is 5.10. The second kappa shape index (κ2) is 7.52. The number of carbonyl (C=O) groups is 1. The Morgan fingerprint density at radius 2 is 2.00 bits per heavy atom. The van der Waals surface area contributed by atoms with Gasteiger partial charge in [0.25, 0.3) is 0 Å². The molecule has 0 aliphatic heterocycles. The summed E-state index contributed by atoms with van der Waals surface area (Å²) in [5, 5.41) is 16.3. The lowest BCUT2D eigenvalue weighted by molar-refractivity contribution is -0.119.